The molecule has 27 heavy (non-hydrogen) atoms. The molecule has 0 N–H and O–H groups in total. The van der Waals surface area contributed by atoms with Crippen molar-refractivity contribution in [2.24, 2.45) is 7.05 Å². The van der Waals surface area contributed by atoms with Crippen molar-refractivity contribution in [1.29, 1.82) is 0 Å². The Hall–Kier alpha value is -1.38. The zero-order valence-corrected chi connectivity index (χ0v) is 17.6. The van der Waals surface area contributed by atoms with Gasteiger partial charge in [0.15, 0.2) is 5.16 Å². The maximum Gasteiger partial charge on any atom is 0.262 e. The second kappa shape index (κ2) is 7.56. The zero-order chi connectivity index (χ0) is 19.1. The highest BCUT2D eigenvalue weighted by molar-refractivity contribution is 7.99. The van der Waals surface area contributed by atoms with E-state index in [9.17, 15) is 9.59 Å². The third kappa shape index (κ3) is 3.67. The third-order valence-electron chi connectivity index (χ3n) is 5.25. The Kier molecular flexibility index (Phi) is 5.31. The van der Waals surface area contributed by atoms with E-state index in [-0.39, 0.29) is 29.4 Å². The van der Waals surface area contributed by atoms with Crippen LogP contribution in [0.5, 0.6) is 0 Å². The van der Waals surface area contributed by atoms with E-state index in [0.29, 0.717) is 18.2 Å². The fourth-order valence-electron chi connectivity index (χ4n) is 4.00. The summed E-state index contributed by atoms with van der Waals surface area (Å²) in [6, 6.07) is 0. The predicted octanol–water partition coefficient (Wildman–Crippen LogP) is 2.60. The number of aryl methyl sites for hydroxylation is 2. The molecular formula is C19H25N3O3S2. The van der Waals surface area contributed by atoms with Gasteiger partial charge >= 0.3 is 0 Å². The minimum Gasteiger partial charge on any atom is -0.372 e. The number of amides is 1. The number of ether oxygens (including phenoxy) is 1. The van der Waals surface area contributed by atoms with E-state index in [1.807, 2.05) is 18.7 Å². The molecule has 1 aliphatic carbocycles. The van der Waals surface area contributed by atoms with Crippen LogP contribution in [0.25, 0.3) is 10.2 Å². The van der Waals surface area contributed by atoms with E-state index in [1.54, 1.807) is 23.0 Å². The highest BCUT2D eigenvalue weighted by Crippen LogP contribution is 2.34. The van der Waals surface area contributed by atoms with Crippen molar-refractivity contribution >= 4 is 39.2 Å². The average molecular weight is 408 g/mol. The van der Waals surface area contributed by atoms with Gasteiger partial charge in [0.25, 0.3) is 5.56 Å². The molecule has 6 nitrogen and oxygen atoms in total. The fourth-order valence-corrected chi connectivity index (χ4v) is 6.17. The maximum absolute atomic E-state index is 12.9. The van der Waals surface area contributed by atoms with Crippen molar-refractivity contribution in [2.45, 2.75) is 56.9 Å². The summed E-state index contributed by atoms with van der Waals surface area (Å²) in [5.41, 5.74) is 1.22. The number of rotatable bonds is 3. The number of carbonyl (C=O) groups excluding carboxylic acids is 1. The number of aromatic nitrogens is 2. The molecule has 2 aromatic rings. The second-order valence-electron chi connectivity index (χ2n) is 7.49. The molecule has 1 saturated heterocycles. The normalized spacial score (nSPS) is 22.9. The molecule has 1 aliphatic heterocycles. The van der Waals surface area contributed by atoms with Crippen LogP contribution >= 0.6 is 23.1 Å². The fraction of sp³-hybridized carbons (Fsp3) is 0.632. The number of nitrogens with zero attached hydrogens (tertiary/aromatic N) is 3. The van der Waals surface area contributed by atoms with Gasteiger partial charge in [0.05, 0.1) is 23.3 Å². The van der Waals surface area contributed by atoms with Crippen LogP contribution in [0.4, 0.5) is 0 Å². The van der Waals surface area contributed by atoms with Gasteiger partial charge in [-0.1, -0.05) is 11.8 Å². The molecule has 0 unspecified atom stereocenters. The number of thioether (sulfide) groups is 1. The van der Waals surface area contributed by atoms with Crippen LogP contribution < -0.4 is 5.56 Å². The van der Waals surface area contributed by atoms with Gasteiger partial charge in [0, 0.05) is 25.0 Å². The van der Waals surface area contributed by atoms with E-state index in [1.165, 1.54) is 28.6 Å². The lowest BCUT2D eigenvalue weighted by Gasteiger charge is -2.35. The summed E-state index contributed by atoms with van der Waals surface area (Å²) in [6.07, 6.45) is 4.46. The molecule has 8 heteroatoms. The summed E-state index contributed by atoms with van der Waals surface area (Å²) in [5.74, 6) is 0.359. The van der Waals surface area contributed by atoms with Gasteiger partial charge in [-0.2, -0.15) is 0 Å². The summed E-state index contributed by atoms with van der Waals surface area (Å²) in [5, 5.41) is 1.41. The van der Waals surface area contributed by atoms with Gasteiger partial charge in [-0.3, -0.25) is 14.2 Å². The molecule has 4 rings (SSSR count). The number of hydrogen-bond donors (Lipinski definition) is 0. The highest BCUT2D eigenvalue weighted by Gasteiger charge is 2.26. The number of carbonyl (C=O) groups is 1. The van der Waals surface area contributed by atoms with Crippen LogP contribution in [0.3, 0.4) is 0 Å². The minimum atomic E-state index is 0.0166. The number of morpholine rings is 1. The molecule has 2 aliphatic rings. The summed E-state index contributed by atoms with van der Waals surface area (Å²) in [7, 11) is 1.76. The summed E-state index contributed by atoms with van der Waals surface area (Å²) in [6.45, 7) is 5.21. The first-order valence-electron chi connectivity index (χ1n) is 9.51. The van der Waals surface area contributed by atoms with E-state index in [2.05, 4.69) is 0 Å². The smallest absolute Gasteiger partial charge is 0.262 e. The van der Waals surface area contributed by atoms with Crippen molar-refractivity contribution in [2.75, 3.05) is 18.8 Å². The van der Waals surface area contributed by atoms with Gasteiger partial charge < -0.3 is 9.64 Å². The SMILES string of the molecule is C[C@@H]1CN(C(=O)CSc2nc3sc4c(c3c(=O)n2C)CCCC4)C[C@H](C)O1. The lowest BCUT2D eigenvalue weighted by Crippen LogP contribution is -2.48. The van der Waals surface area contributed by atoms with E-state index in [4.69, 9.17) is 9.72 Å². The van der Waals surface area contributed by atoms with E-state index >= 15 is 0 Å². The average Bonchev–Trinajstić information content (AvgIpc) is 3.00. The zero-order valence-electron chi connectivity index (χ0n) is 16.0. The Morgan fingerprint density at radius 1 is 1.26 bits per heavy atom. The van der Waals surface area contributed by atoms with Gasteiger partial charge in [-0.25, -0.2) is 4.98 Å². The van der Waals surface area contributed by atoms with Gasteiger partial charge in [0.2, 0.25) is 5.91 Å². The van der Waals surface area contributed by atoms with E-state index in [0.717, 1.165) is 29.5 Å². The van der Waals surface area contributed by atoms with Crippen LogP contribution in [-0.2, 0) is 29.4 Å². The molecule has 146 valence electrons. The standard InChI is InChI=1S/C19H25N3O3S2/c1-11-8-22(9-12(2)25-11)15(23)10-26-19-20-17-16(18(24)21(19)3)13-6-4-5-7-14(13)27-17/h11-12H,4-10H2,1-3H3/t11-,12+. The molecule has 1 amide bonds. The van der Waals surface area contributed by atoms with Gasteiger partial charge in [-0.05, 0) is 45.1 Å². The van der Waals surface area contributed by atoms with Crippen molar-refractivity contribution in [1.82, 2.24) is 14.5 Å². The van der Waals surface area contributed by atoms with Gasteiger partial charge in [0.1, 0.15) is 4.83 Å². The molecule has 0 radical (unpaired) electrons. The number of fused-ring (bicyclic) bond motifs is 3. The largest absolute Gasteiger partial charge is 0.372 e. The molecule has 2 aromatic heterocycles. The Morgan fingerprint density at radius 3 is 2.70 bits per heavy atom. The first-order chi connectivity index (χ1) is 12.9. The van der Waals surface area contributed by atoms with Crippen molar-refractivity contribution in [3.05, 3.63) is 20.8 Å². The molecule has 0 aromatic carbocycles. The Bertz CT molecular complexity index is 926. The molecule has 3 heterocycles. The predicted molar refractivity (Wildman–Crippen MR) is 109 cm³/mol. The van der Waals surface area contributed by atoms with Crippen LogP contribution in [0.1, 0.15) is 37.1 Å². The van der Waals surface area contributed by atoms with Crippen LogP contribution in [0.15, 0.2) is 9.95 Å². The Morgan fingerprint density at radius 2 is 1.96 bits per heavy atom. The van der Waals surface area contributed by atoms with Gasteiger partial charge in [-0.15, -0.1) is 11.3 Å². The maximum atomic E-state index is 12.9. The Labute approximate surface area is 166 Å². The van der Waals surface area contributed by atoms with Crippen LogP contribution in [0, 0.1) is 0 Å². The minimum absolute atomic E-state index is 0.0166. The third-order valence-corrected chi connectivity index (χ3v) is 7.45. The lowest BCUT2D eigenvalue weighted by molar-refractivity contribution is -0.140. The molecule has 2 atom stereocenters. The highest BCUT2D eigenvalue weighted by atomic mass is 32.2. The number of hydrogen-bond acceptors (Lipinski definition) is 6. The molecule has 0 bridgehead atoms. The molecule has 0 saturated carbocycles. The first-order valence-corrected chi connectivity index (χ1v) is 11.3. The molecular weight excluding hydrogens is 382 g/mol. The quantitative estimate of drug-likeness (QED) is 0.578. The monoisotopic (exact) mass is 407 g/mol. The topological polar surface area (TPSA) is 64.4 Å². The number of thiophene rings is 1. The molecule has 1 fully saturated rings. The van der Waals surface area contributed by atoms with E-state index < -0.39 is 0 Å². The summed E-state index contributed by atoms with van der Waals surface area (Å²) >= 11 is 3.00. The summed E-state index contributed by atoms with van der Waals surface area (Å²) in [4.78, 5) is 34.3. The van der Waals surface area contributed by atoms with Crippen LogP contribution in [-0.4, -0.2) is 51.4 Å². The molecule has 0 spiro atoms. The van der Waals surface area contributed by atoms with Crippen LogP contribution in [0.2, 0.25) is 0 Å². The van der Waals surface area contributed by atoms with Crippen molar-refractivity contribution in [3.63, 3.8) is 0 Å². The Balaban J connectivity index is 1.55. The lowest BCUT2D eigenvalue weighted by atomic mass is 9.97. The van der Waals surface area contributed by atoms with Crippen molar-refractivity contribution in [3.8, 4) is 0 Å². The second-order valence-corrected chi connectivity index (χ2v) is 9.52. The van der Waals surface area contributed by atoms with Crippen molar-refractivity contribution < 1.29 is 9.53 Å². The summed E-state index contributed by atoms with van der Waals surface area (Å²) < 4.78 is 7.30. The first kappa shape index (κ1) is 19.0.